The van der Waals surface area contributed by atoms with E-state index in [0.29, 0.717) is 21.9 Å². The second kappa shape index (κ2) is 3.48. The van der Waals surface area contributed by atoms with Crippen LogP contribution in [0.25, 0.3) is 0 Å². The standard InChI is InChI=1S/C9H9N3O2S/c10-7(13)4-1-2-5-6(3-4)11-9(15)12-8(5)14/h1-3,8,14H,(H2,10,13)(H2,11,12,15). The zero-order valence-corrected chi connectivity index (χ0v) is 8.47. The van der Waals surface area contributed by atoms with E-state index in [1.54, 1.807) is 18.2 Å². The number of hydrogen-bond acceptors (Lipinski definition) is 3. The first kappa shape index (κ1) is 9.88. The van der Waals surface area contributed by atoms with Gasteiger partial charge >= 0.3 is 0 Å². The van der Waals surface area contributed by atoms with Crippen LogP contribution < -0.4 is 16.4 Å². The molecule has 6 heteroatoms. The molecule has 0 spiro atoms. The van der Waals surface area contributed by atoms with E-state index < -0.39 is 12.1 Å². The molecule has 0 saturated carbocycles. The third kappa shape index (κ3) is 1.77. The topological polar surface area (TPSA) is 87.4 Å². The minimum Gasteiger partial charge on any atom is -0.369 e. The van der Waals surface area contributed by atoms with Crippen LogP contribution in [-0.4, -0.2) is 16.1 Å². The number of thiocarbonyl (C=S) groups is 1. The number of carbonyl (C=O) groups is 1. The smallest absolute Gasteiger partial charge is 0.248 e. The number of aliphatic hydroxyl groups is 1. The Balaban J connectivity index is 2.47. The third-order valence-electron chi connectivity index (χ3n) is 2.15. The van der Waals surface area contributed by atoms with Crippen molar-refractivity contribution in [2.75, 3.05) is 5.32 Å². The first-order chi connectivity index (χ1) is 7.08. The van der Waals surface area contributed by atoms with Gasteiger partial charge in [0.05, 0.1) is 0 Å². The summed E-state index contributed by atoms with van der Waals surface area (Å²) in [5.74, 6) is -0.515. The lowest BCUT2D eigenvalue weighted by atomic mass is 10.1. The third-order valence-corrected chi connectivity index (χ3v) is 2.37. The molecule has 1 unspecified atom stereocenters. The quantitative estimate of drug-likeness (QED) is 0.506. The zero-order chi connectivity index (χ0) is 11.0. The van der Waals surface area contributed by atoms with Crippen molar-refractivity contribution in [1.29, 1.82) is 0 Å². The first-order valence-electron chi connectivity index (χ1n) is 4.27. The SMILES string of the molecule is NC(=O)c1ccc2c(c1)NC(=S)NC2O. The number of amides is 1. The lowest BCUT2D eigenvalue weighted by Crippen LogP contribution is -2.37. The predicted octanol–water partition coefficient (Wildman–Crippen LogP) is 0.0764. The summed E-state index contributed by atoms with van der Waals surface area (Å²) in [6, 6.07) is 4.75. The highest BCUT2D eigenvalue weighted by Crippen LogP contribution is 2.26. The van der Waals surface area contributed by atoms with Crippen LogP contribution in [0.2, 0.25) is 0 Å². The molecule has 2 rings (SSSR count). The number of fused-ring (bicyclic) bond motifs is 1. The van der Waals surface area contributed by atoms with Crippen LogP contribution in [0.4, 0.5) is 5.69 Å². The Labute approximate surface area is 91.3 Å². The zero-order valence-electron chi connectivity index (χ0n) is 7.65. The van der Waals surface area contributed by atoms with Crippen LogP contribution in [0.5, 0.6) is 0 Å². The molecule has 1 heterocycles. The van der Waals surface area contributed by atoms with Gasteiger partial charge in [-0.2, -0.15) is 0 Å². The van der Waals surface area contributed by atoms with Crippen LogP contribution in [0, 0.1) is 0 Å². The van der Waals surface area contributed by atoms with E-state index in [4.69, 9.17) is 18.0 Å². The average Bonchev–Trinajstić information content (AvgIpc) is 2.16. The summed E-state index contributed by atoms with van der Waals surface area (Å²) < 4.78 is 0. The number of hydrogen-bond donors (Lipinski definition) is 4. The molecule has 1 aromatic carbocycles. The molecule has 0 fully saturated rings. The number of anilines is 1. The molecule has 0 saturated heterocycles. The van der Waals surface area contributed by atoms with E-state index >= 15 is 0 Å². The van der Waals surface area contributed by atoms with E-state index in [2.05, 4.69) is 10.6 Å². The predicted molar refractivity (Wildman–Crippen MR) is 59.3 cm³/mol. The highest BCUT2D eigenvalue weighted by atomic mass is 32.1. The molecule has 78 valence electrons. The van der Waals surface area contributed by atoms with Gasteiger partial charge in [-0.05, 0) is 24.4 Å². The summed E-state index contributed by atoms with van der Waals surface area (Å²) >= 11 is 4.87. The van der Waals surface area contributed by atoms with Crippen LogP contribution in [0.3, 0.4) is 0 Å². The summed E-state index contributed by atoms with van der Waals surface area (Å²) in [6.07, 6.45) is -0.851. The largest absolute Gasteiger partial charge is 0.369 e. The van der Waals surface area contributed by atoms with Crippen molar-refractivity contribution >= 4 is 28.9 Å². The van der Waals surface area contributed by atoms with Crippen molar-refractivity contribution in [2.24, 2.45) is 5.73 Å². The van der Waals surface area contributed by atoms with Crippen LogP contribution in [-0.2, 0) is 0 Å². The number of aliphatic hydroxyl groups excluding tert-OH is 1. The van der Waals surface area contributed by atoms with Crippen molar-refractivity contribution < 1.29 is 9.90 Å². The molecule has 0 aliphatic carbocycles. The van der Waals surface area contributed by atoms with Gasteiger partial charge in [0.1, 0.15) is 0 Å². The number of carbonyl (C=O) groups excluding carboxylic acids is 1. The van der Waals surface area contributed by atoms with Gasteiger partial charge in [0.2, 0.25) is 5.91 Å². The van der Waals surface area contributed by atoms with Gasteiger partial charge in [-0.25, -0.2) is 0 Å². The molecule has 1 aromatic rings. The fourth-order valence-corrected chi connectivity index (χ4v) is 1.64. The normalized spacial score (nSPS) is 18.7. The molecular formula is C9H9N3O2S. The average molecular weight is 223 g/mol. The molecule has 5 N–H and O–H groups in total. The van der Waals surface area contributed by atoms with Gasteiger partial charge in [0.25, 0.3) is 0 Å². The minimum atomic E-state index is -0.851. The maximum absolute atomic E-state index is 10.9. The van der Waals surface area contributed by atoms with E-state index in [-0.39, 0.29) is 0 Å². The van der Waals surface area contributed by atoms with Gasteiger partial charge < -0.3 is 21.5 Å². The number of nitrogens with one attached hydrogen (secondary N) is 2. The Morgan fingerprint density at radius 2 is 2.27 bits per heavy atom. The van der Waals surface area contributed by atoms with Gasteiger partial charge in [-0.15, -0.1) is 0 Å². The van der Waals surface area contributed by atoms with E-state index in [1.807, 2.05) is 0 Å². The van der Waals surface area contributed by atoms with E-state index in [0.717, 1.165) is 0 Å². The van der Waals surface area contributed by atoms with Gasteiger partial charge in [-0.3, -0.25) is 4.79 Å². The molecule has 0 bridgehead atoms. The number of rotatable bonds is 1. The Morgan fingerprint density at radius 3 is 2.93 bits per heavy atom. The monoisotopic (exact) mass is 223 g/mol. The Morgan fingerprint density at radius 1 is 1.53 bits per heavy atom. The van der Waals surface area contributed by atoms with Gasteiger partial charge in [0, 0.05) is 16.8 Å². The summed E-state index contributed by atoms with van der Waals surface area (Å²) in [6.45, 7) is 0. The van der Waals surface area contributed by atoms with Gasteiger partial charge in [0.15, 0.2) is 11.3 Å². The van der Waals surface area contributed by atoms with E-state index in [9.17, 15) is 9.90 Å². The Bertz CT molecular complexity index is 447. The molecule has 0 aromatic heterocycles. The maximum atomic E-state index is 10.9. The van der Waals surface area contributed by atoms with Crippen molar-refractivity contribution in [1.82, 2.24) is 5.32 Å². The second-order valence-electron chi connectivity index (χ2n) is 3.17. The van der Waals surface area contributed by atoms with Crippen molar-refractivity contribution in [2.45, 2.75) is 6.23 Å². The molecule has 1 aliphatic rings. The fraction of sp³-hybridized carbons (Fsp3) is 0.111. The lowest BCUT2D eigenvalue weighted by molar-refractivity contribution is 0.1000. The second-order valence-corrected chi connectivity index (χ2v) is 3.58. The van der Waals surface area contributed by atoms with Gasteiger partial charge in [-0.1, -0.05) is 6.07 Å². The number of benzene rings is 1. The van der Waals surface area contributed by atoms with Crippen molar-refractivity contribution in [3.63, 3.8) is 0 Å². The summed E-state index contributed by atoms with van der Waals surface area (Å²) in [5, 5.41) is 15.4. The van der Waals surface area contributed by atoms with E-state index in [1.165, 1.54) is 0 Å². The Hall–Kier alpha value is -1.66. The number of primary amides is 1. The minimum absolute atomic E-state index is 0.316. The summed E-state index contributed by atoms with van der Waals surface area (Å²) in [5.41, 5.74) is 6.74. The van der Waals surface area contributed by atoms with Crippen molar-refractivity contribution in [3.05, 3.63) is 29.3 Å². The van der Waals surface area contributed by atoms with Crippen LogP contribution >= 0.6 is 12.2 Å². The Kier molecular flexibility index (Phi) is 2.29. The van der Waals surface area contributed by atoms with Crippen LogP contribution in [0.1, 0.15) is 22.1 Å². The van der Waals surface area contributed by atoms with Crippen molar-refractivity contribution in [3.8, 4) is 0 Å². The molecule has 1 atom stereocenters. The molecule has 1 aliphatic heterocycles. The highest BCUT2D eigenvalue weighted by molar-refractivity contribution is 7.80. The summed E-state index contributed by atoms with van der Waals surface area (Å²) in [7, 11) is 0. The lowest BCUT2D eigenvalue weighted by Gasteiger charge is -2.25. The number of nitrogens with two attached hydrogens (primary N) is 1. The highest BCUT2D eigenvalue weighted by Gasteiger charge is 2.20. The summed E-state index contributed by atoms with van der Waals surface area (Å²) in [4.78, 5) is 10.9. The molecule has 5 nitrogen and oxygen atoms in total. The molecule has 0 radical (unpaired) electrons. The molecule has 1 amide bonds. The maximum Gasteiger partial charge on any atom is 0.248 e. The molecule has 15 heavy (non-hydrogen) atoms. The van der Waals surface area contributed by atoms with Crippen LogP contribution in [0.15, 0.2) is 18.2 Å². The molecular weight excluding hydrogens is 214 g/mol. The fourth-order valence-electron chi connectivity index (χ4n) is 1.42. The first-order valence-corrected chi connectivity index (χ1v) is 4.68.